The second-order valence-corrected chi connectivity index (χ2v) is 4.37. The van der Waals surface area contributed by atoms with E-state index in [4.69, 9.17) is 5.26 Å². The van der Waals surface area contributed by atoms with Gasteiger partial charge in [-0.25, -0.2) is 4.98 Å². The van der Waals surface area contributed by atoms with Crippen molar-refractivity contribution in [1.29, 1.82) is 5.26 Å². The average Bonchev–Trinajstić information content (AvgIpc) is 2.98. The summed E-state index contributed by atoms with van der Waals surface area (Å²) in [5.74, 6) is 0.237. The minimum Gasteiger partial charge on any atom is -0.508 e. The fourth-order valence-electron chi connectivity index (χ4n) is 1.95. The lowest BCUT2D eigenvalue weighted by Gasteiger charge is -2.01. The highest BCUT2D eigenvalue weighted by atomic mass is 16.3. The van der Waals surface area contributed by atoms with Gasteiger partial charge in [0.1, 0.15) is 5.75 Å². The van der Waals surface area contributed by atoms with Gasteiger partial charge >= 0.3 is 0 Å². The number of hydrogen-bond acceptors (Lipinski definition) is 3. The molecule has 0 saturated heterocycles. The Morgan fingerprint density at radius 2 is 1.70 bits per heavy atom. The zero-order chi connectivity index (χ0) is 13.9. The van der Waals surface area contributed by atoms with Crippen LogP contribution in [0.5, 0.6) is 5.75 Å². The zero-order valence-electron chi connectivity index (χ0n) is 10.6. The van der Waals surface area contributed by atoms with E-state index < -0.39 is 0 Å². The minimum absolute atomic E-state index is 0.237. The Hall–Kier alpha value is -3.06. The molecule has 96 valence electrons. The Morgan fingerprint density at radius 3 is 2.35 bits per heavy atom. The van der Waals surface area contributed by atoms with Gasteiger partial charge in [0.15, 0.2) is 0 Å². The van der Waals surface area contributed by atoms with Crippen LogP contribution in [0, 0.1) is 11.3 Å². The zero-order valence-corrected chi connectivity index (χ0v) is 10.6. The molecule has 1 heterocycles. The van der Waals surface area contributed by atoms with E-state index >= 15 is 0 Å². The van der Waals surface area contributed by atoms with E-state index in [9.17, 15) is 5.11 Å². The fraction of sp³-hybridized carbons (Fsp3) is 0. The predicted octanol–water partition coefficient (Wildman–Crippen LogP) is 3.12. The number of nitriles is 1. The minimum atomic E-state index is 0.237. The highest BCUT2D eigenvalue weighted by Crippen LogP contribution is 2.20. The lowest BCUT2D eigenvalue weighted by Crippen LogP contribution is -1.88. The number of aromatic hydroxyl groups is 1. The van der Waals surface area contributed by atoms with Gasteiger partial charge in [-0.2, -0.15) is 5.26 Å². The highest BCUT2D eigenvalue weighted by molar-refractivity contribution is 5.60. The van der Waals surface area contributed by atoms with Crippen molar-refractivity contribution in [3.05, 3.63) is 66.6 Å². The number of phenols is 1. The third kappa shape index (κ3) is 2.25. The number of rotatable bonds is 2. The van der Waals surface area contributed by atoms with Gasteiger partial charge in [-0.15, -0.1) is 0 Å². The Balaban J connectivity index is 1.93. The highest BCUT2D eigenvalue weighted by Gasteiger charge is 2.04. The summed E-state index contributed by atoms with van der Waals surface area (Å²) in [5, 5.41) is 18.1. The van der Waals surface area contributed by atoms with E-state index in [-0.39, 0.29) is 5.75 Å². The molecule has 0 atom stereocenters. The average molecular weight is 261 g/mol. The summed E-state index contributed by atoms with van der Waals surface area (Å²) < 4.78 is 1.88. The van der Waals surface area contributed by atoms with E-state index in [1.54, 1.807) is 30.6 Å². The van der Waals surface area contributed by atoms with Crippen molar-refractivity contribution >= 4 is 0 Å². The maximum Gasteiger partial charge on any atom is 0.115 e. The summed E-state index contributed by atoms with van der Waals surface area (Å²) in [6.07, 6.45) is 3.63. The predicted molar refractivity (Wildman–Crippen MR) is 75.4 cm³/mol. The molecule has 1 N–H and O–H groups in total. The van der Waals surface area contributed by atoms with E-state index in [1.165, 1.54) is 0 Å². The first-order valence-corrected chi connectivity index (χ1v) is 6.10. The van der Waals surface area contributed by atoms with Gasteiger partial charge in [-0.05, 0) is 36.4 Å². The van der Waals surface area contributed by atoms with E-state index in [1.807, 2.05) is 35.0 Å². The van der Waals surface area contributed by atoms with Crippen LogP contribution in [0.25, 0.3) is 16.9 Å². The van der Waals surface area contributed by atoms with Crippen molar-refractivity contribution in [2.75, 3.05) is 0 Å². The van der Waals surface area contributed by atoms with Crippen molar-refractivity contribution < 1.29 is 5.11 Å². The first-order chi connectivity index (χ1) is 9.76. The van der Waals surface area contributed by atoms with Gasteiger partial charge in [0, 0.05) is 17.4 Å². The second-order valence-electron chi connectivity index (χ2n) is 4.37. The smallest absolute Gasteiger partial charge is 0.115 e. The van der Waals surface area contributed by atoms with Crippen LogP contribution in [0.4, 0.5) is 0 Å². The van der Waals surface area contributed by atoms with Crippen molar-refractivity contribution in [2.24, 2.45) is 0 Å². The van der Waals surface area contributed by atoms with Crippen LogP contribution in [0.1, 0.15) is 5.56 Å². The lowest BCUT2D eigenvalue weighted by atomic mass is 10.1. The van der Waals surface area contributed by atoms with Crippen molar-refractivity contribution in [2.45, 2.75) is 0 Å². The molecule has 0 amide bonds. The first-order valence-electron chi connectivity index (χ1n) is 6.10. The molecule has 0 spiro atoms. The molecule has 0 aliphatic heterocycles. The topological polar surface area (TPSA) is 61.8 Å². The maximum absolute atomic E-state index is 9.28. The standard InChI is InChI=1S/C16H11N3O/c17-9-12-1-3-13(4-2-12)16-10-19(11-18-16)14-5-7-15(20)8-6-14/h1-8,10-11,20H. The maximum atomic E-state index is 9.28. The van der Waals surface area contributed by atoms with Gasteiger partial charge in [0.25, 0.3) is 0 Å². The molecule has 20 heavy (non-hydrogen) atoms. The first kappa shape index (κ1) is 12.0. The summed E-state index contributed by atoms with van der Waals surface area (Å²) in [4.78, 5) is 4.36. The molecule has 4 nitrogen and oxygen atoms in total. The summed E-state index contributed by atoms with van der Waals surface area (Å²) in [6.45, 7) is 0. The number of nitrogens with zero attached hydrogens (tertiary/aromatic N) is 3. The Bertz CT molecular complexity index is 765. The summed E-state index contributed by atoms with van der Waals surface area (Å²) in [5.41, 5.74) is 3.35. The number of hydrogen-bond donors (Lipinski definition) is 1. The van der Waals surface area contributed by atoms with Crippen LogP contribution in [0.15, 0.2) is 61.1 Å². The third-order valence-corrected chi connectivity index (χ3v) is 3.04. The molecule has 0 aliphatic carbocycles. The Kier molecular flexibility index (Phi) is 2.94. The monoisotopic (exact) mass is 261 g/mol. The van der Waals surface area contributed by atoms with Crippen LogP contribution in [0.2, 0.25) is 0 Å². The second kappa shape index (κ2) is 4.90. The molecule has 1 aromatic heterocycles. The summed E-state index contributed by atoms with van der Waals surface area (Å²) in [6, 6.07) is 16.3. The SMILES string of the molecule is N#Cc1ccc(-c2cn(-c3ccc(O)cc3)cn2)cc1. The molecular formula is C16H11N3O. The molecule has 0 aliphatic rings. The van der Waals surface area contributed by atoms with E-state index in [0.717, 1.165) is 16.9 Å². The Morgan fingerprint density at radius 1 is 1.00 bits per heavy atom. The molecule has 3 rings (SSSR count). The fourth-order valence-corrected chi connectivity index (χ4v) is 1.95. The normalized spacial score (nSPS) is 10.2. The third-order valence-electron chi connectivity index (χ3n) is 3.04. The molecule has 3 aromatic rings. The number of aromatic nitrogens is 2. The van der Waals surface area contributed by atoms with Gasteiger partial charge in [0.2, 0.25) is 0 Å². The van der Waals surface area contributed by atoms with E-state index in [2.05, 4.69) is 11.1 Å². The van der Waals surface area contributed by atoms with Crippen molar-refractivity contribution in [3.8, 4) is 28.8 Å². The van der Waals surface area contributed by atoms with Crippen LogP contribution < -0.4 is 0 Å². The van der Waals surface area contributed by atoms with Crippen LogP contribution in [-0.4, -0.2) is 14.7 Å². The molecule has 0 bridgehead atoms. The van der Waals surface area contributed by atoms with Gasteiger partial charge in [0.05, 0.1) is 23.7 Å². The van der Waals surface area contributed by atoms with Crippen LogP contribution >= 0.6 is 0 Å². The van der Waals surface area contributed by atoms with Gasteiger partial charge in [-0.3, -0.25) is 0 Å². The molecule has 2 aromatic carbocycles. The lowest BCUT2D eigenvalue weighted by molar-refractivity contribution is 0.475. The van der Waals surface area contributed by atoms with Gasteiger partial charge < -0.3 is 9.67 Å². The molecule has 0 saturated carbocycles. The molecule has 0 unspecified atom stereocenters. The van der Waals surface area contributed by atoms with Crippen molar-refractivity contribution in [3.63, 3.8) is 0 Å². The summed E-state index contributed by atoms with van der Waals surface area (Å²) >= 11 is 0. The molecular weight excluding hydrogens is 250 g/mol. The quantitative estimate of drug-likeness (QED) is 0.771. The summed E-state index contributed by atoms with van der Waals surface area (Å²) in [7, 11) is 0. The number of imidazole rings is 1. The molecule has 0 fully saturated rings. The number of phenolic OH excluding ortho intramolecular Hbond substituents is 1. The van der Waals surface area contributed by atoms with Crippen molar-refractivity contribution in [1.82, 2.24) is 9.55 Å². The number of benzene rings is 2. The van der Waals surface area contributed by atoms with Gasteiger partial charge in [-0.1, -0.05) is 12.1 Å². The molecule has 4 heteroatoms. The van der Waals surface area contributed by atoms with E-state index in [0.29, 0.717) is 5.56 Å². The largest absolute Gasteiger partial charge is 0.508 e. The Labute approximate surface area is 116 Å². The van der Waals surface area contributed by atoms with Crippen LogP contribution in [0.3, 0.4) is 0 Å². The molecule has 0 radical (unpaired) electrons. The van der Waals surface area contributed by atoms with Crippen LogP contribution in [-0.2, 0) is 0 Å².